The van der Waals surface area contributed by atoms with Crippen molar-refractivity contribution in [1.82, 2.24) is 29.6 Å². The Morgan fingerprint density at radius 1 is 1.19 bits per heavy atom. The van der Waals surface area contributed by atoms with Crippen LogP contribution in [0.5, 0.6) is 0 Å². The summed E-state index contributed by atoms with van der Waals surface area (Å²) in [6.45, 7) is 4.43. The number of hydrogen-bond acceptors (Lipinski definition) is 7. The molecule has 2 bridgehead atoms. The Bertz CT molecular complexity index is 1550. The van der Waals surface area contributed by atoms with Gasteiger partial charge in [0.15, 0.2) is 0 Å². The molecule has 2 unspecified atom stereocenters. The number of nitrogens with zero attached hydrogens (tertiary/aromatic N) is 5. The van der Waals surface area contributed by atoms with E-state index in [1.54, 1.807) is 36.7 Å². The van der Waals surface area contributed by atoms with Crippen LogP contribution in [0.3, 0.4) is 0 Å². The summed E-state index contributed by atoms with van der Waals surface area (Å²) in [6.07, 6.45) is 7.15. The van der Waals surface area contributed by atoms with Crippen molar-refractivity contribution in [2.75, 3.05) is 17.6 Å². The fourth-order valence-corrected chi connectivity index (χ4v) is 5.45. The summed E-state index contributed by atoms with van der Waals surface area (Å²) in [5.74, 6) is 0.947. The number of anilines is 2. The maximum atomic E-state index is 12.8. The Labute approximate surface area is 217 Å². The molecule has 10 nitrogen and oxygen atoms in total. The molecule has 5 heterocycles. The van der Waals surface area contributed by atoms with Gasteiger partial charge in [-0.15, -0.1) is 0 Å². The topological polar surface area (TPSA) is 131 Å². The highest BCUT2D eigenvalue weighted by atomic mass is 35.5. The third-order valence-corrected chi connectivity index (χ3v) is 7.14. The minimum atomic E-state index is -0.315. The zero-order chi connectivity index (χ0) is 25.7. The van der Waals surface area contributed by atoms with E-state index in [1.165, 1.54) is 12.3 Å². The monoisotopic (exact) mass is 514 g/mol. The number of fused-ring (bicyclic) bond motifs is 3. The summed E-state index contributed by atoms with van der Waals surface area (Å²) in [7, 11) is 0. The minimum Gasteiger partial charge on any atom is -0.382 e. The van der Waals surface area contributed by atoms with Gasteiger partial charge >= 0.3 is 0 Å². The van der Waals surface area contributed by atoms with E-state index in [-0.39, 0.29) is 29.9 Å². The van der Waals surface area contributed by atoms with Crippen molar-refractivity contribution >= 4 is 40.6 Å². The summed E-state index contributed by atoms with van der Waals surface area (Å²) in [4.78, 5) is 40.7. The van der Waals surface area contributed by atoms with Crippen LogP contribution in [0.4, 0.5) is 11.6 Å². The van der Waals surface area contributed by atoms with Gasteiger partial charge in [0.2, 0.25) is 5.91 Å². The van der Waals surface area contributed by atoms with Crippen LogP contribution < -0.4 is 16.4 Å². The largest absolute Gasteiger partial charge is 0.382 e. The number of nitrogen functional groups attached to an aromatic ring is 1. The van der Waals surface area contributed by atoms with E-state index in [4.69, 9.17) is 22.3 Å². The van der Waals surface area contributed by atoms with Gasteiger partial charge in [-0.1, -0.05) is 30.3 Å². The van der Waals surface area contributed by atoms with Crippen LogP contribution in [0.25, 0.3) is 16.8 Å². The SMILES string of the molecule is C=CC(=O)N1C2CN[C@@H](C2)C1c1nc(-c2ccc(C(=O)Nc3cc(Cl)ccn3)cc2)c2c(N)nccn12. The number of nitrogens with two attached hydrogens (primary N) is 1. The van der Waals surface area contributed by atoms with Crippen molar-refractivity contribution in [3.8, 4) is 11.3 Å². The molecular weight excluding hydrogens is 492 g/mol. The van der Waals surface area contributed by atoms with E-state index >= 15 is 0 Å². The van der Waals surface area contributed by atoms with Gasteiger partial charge in [-0.3, -0.25) is 14.0 Å². The third kappa shape index (κ3) is 3.90. The van der Waals surface area contributed by atoms with Crippen molar-refractivity contribution < 1.29 is 9.59 Å². The highest BCUT2D eigenvalue weighted by molar-refractivity contribution is 6.30. The minimum absolute atomic E-state index is 0.0768. The molecule has 6 rings (SSSR count). The highest BCUT2D eigenvalue weighted by Crippen LogP contribution is 2.42. The molecule has 4 aromatic rings. The summed E-state index contributed by atoms with van der Waals surface area (Å²) >= 11 is 5.98. The van der Waals surface area contributed by atoms with E-state index < -0.39 is 0 Å². The van der Waals surface area contributed by atoms with Crippen LogP contribution in [-0.4, -0.2) is 54.7 Å². The van der Waals surface area contributed by atoms with Gasteiger partial charge in [0.1, 0.15) is 34.7 Å². The first kappa shape index (κ1) is 23.1. The summed E-state index contributed by atoms with van der Waals surface area (Å²) < 4.78 is 1.90. The smallest absolute Gasteiger partial charge is 0.256 e. The number of carbonyl (C=O) groups excluding carboxylic acids is 2. The maximum absolute atomic E-state index is 12.8. The number of likely N-dealkylation sites (tertiary alicyclic amines) is 1. The first-order valence-electron chi connectivity index (χ1n) is 11.8. The van der Waals surface area contributed by atoms with Crippen LogP contribution >= 0.6 is 11.6 Å². The van der Waals surface area contributed by atoms with Crippen molar-refractivity contribution in [3.05, 3.63) is 84.1 Å². The number of aromatic nitrogens is 4. The maximum Gasteiger partial charge on any atom is 0.256 e. The normalized spacial score (nSPS) is 20.4. The number of pyridine rings is 1. The number of imidazole rings is 1. The Morgan fingerprint density at radius 2 is 2.00 bits per heavy atom. The molecule has 37 heavy (non-hydrogen) atoms. The van der Waals surface area contributed by atoms with Crippen LogP contribution in [0.1, 0.15) is 28.6 Å². The molecule has 3 atom stereocenters. The molecule has 0 saturated carbocycles. The predicted molar refractivity (Wildman–Crippen MR) is 140 cm³/mol. The van der Waals surface area contributed by atoms with Gasteiger partial charge in [0.05, 0.1) is 0 Å². The van der Waals surface area contributed by atoms with Gasteiger partial charge < -0.3 is 21.3 Å². The van der Waals surface area contributed by atoms with E-state index in [9.17, 15) is 9.59 Å². The second-order valence-electron chi connectivity index (χ2n) is 9.04. The molecule has 3 aromatic heterocycles. The number of halogens is 1. The average molecular weight is 515 g/mol. The number of nitrogens with one attached hydrogen (secondary N) is 2. The van der Waals surface area contributed by atoms with Crippen LogP contribution in [0, 0.1) is 0 Å². The van der Waals surface area contributed by atoms with Crippen LogP contribution in [0.2, 0.25) is 5.02 Å². The zero-order valence-corrected chi connectivity index (χ0v) is 20.4. The molecule has 2 amide bonds. The zero-order valence-electron chi connectivity index (χ0n) is 19.6. The van der Waals surface area contributed by atoms with Crippen molar-refractivity contribution in [3.63, 3.8) is 0 Å². The van der Waals surface area contributed by atoms with Crippen molar-refractivity contribution in [1.29, 1.82) is 0 Å². The molecule has 4 N–H and O–H groups in total. The predicted octanol–water partition coefficient (Wildman–Crippen LogP) is 3.08. The fourth-order valence-electron chi connectivity index (χ4n) is 5.29. The van der Waals surface area contributed by atoms with Crippen molar-refractivity contribution in [2.45, 2.75) is 24.5 Å². The van der Waals surface area contributed by atoms with E-state index in [1.807, 2.05) is 21.4 Å². The van der Waals surface area contributed by atoms with Gasteiger partial charge in [0, 0.05) is 53.4 Å². The number of benzene rings is 1. The summed E-state index contributed by atoms with van der Waals surface area (Å²) in [6, 6.07) is 10.1. The lowest BCUT2D eigenvalue weighted by Gasteiger charge is -2.34. The number of amides is 2. The standard InChI is InChI=1S/C26H23ClN8O2/c1-2-20(36)35-17-12-18(31-13-17)22(35)25-33-21(23-24(28)30-9-10-34(23)25)14-3-5-15(6-4-14)26(37)32-19-11-16(27)7-8-29-19/h2-11,17-18,22,31H,1,12-13H2,(H2,28,30)(H,29,32,37)/t17?,18-,22?/m0/s1. The number of rotatable bonds is 5. The van der Waals surface area contributed by atoms with E-state index in [0.29, 0.717) is 39.3 Å². The molecule has 0 radical (unpaired) electrons. The number of carbonyl (C=O) groups is 2. The number of piperazine rings is 1. The van der Waals surface area contributed by atoms with Gasteiger partial charge in [0.25, 0.3) is 5.91 Å². The highest BCUT2D eigenvalue weighted by Gasteiger charge is 2.50. The lowest BCUT2D eigenvalue weighted by molar-refractivity contribution is -0.130. The second-order valence-corrected chi connectivity index (χ2v) is 9.48. The Balaban J connectivity index is 1.37. The van der Waals surface area contributed by atoms with Gasteiger partial charge in [-0.05, 0) is 36.8 Å². The molecule has 186 valence electrons. The molecule has 0 aliphatic carbocycles. The summed E-state index contributed by atoms with van der Waals surface area (Å²) in [5, 5.41) is 6.72. The Hall–Kier alpha value is -4.28. The average Bonchev–Trinajstić information content (AvgIpc) is 3.62. The molecule has 2 aliphatic rings. The van der Waals surface area contributed by atoms with E-state index in [2.05, 4.69) is 27.2 Å². The lowest BCUT2D eigenvalue weighted by atomic mass is 10.1. The van der Waals surface area contributed by atoms with Gasteiger partial charge in [-0.2, -0.15) is 0 Å². The van der Waals surface area contributed by atoms with Crippen molar-refractivity contribution in [2.24, 2.45) is 0 Å². The first-order chi connectivity index (χ1) is 17.9. The fraction of sp³-hybridized carbons (Fsp3) is 0.192. The molecule has 2 aliphatic heterocycles. The molecular formula is C26H23ClN8O2. The van der Waals surface area contributed by atoms with E-state index in [0.717, 1.165) is 18.5 Å². The Morgan fingerprint density at radius 3 is 2.76 bits per heavy atom. The Kier molecular flexibility index (Phi) is 5.62. The third-order valence-electron chi connectivity index (χ3n) is 6.90. The molecule has 2 fully saturated rings. The summed E-state index contributed by atoms with van der Waals surface area (Å²) in [5.41, 5.74) is 8.79. The molecule has 2 saturated heterocycles. The molecule has 0 spiro atoms. The number of hydrogen-bond donors (Lipinski definition) is 3. The first-order valence-corrected chi connectivity index (χ1v) is 12.2. The second kappa shape index (κ2) is 8.99. The molecule has 11 heteroatoms. The lowest BCUT2D eigenvalue weighted by Crippen LogP contribution is -2.48. The van der Waals surface area contributed by atoms with Crippen LogP contribution in [-0.2, 0) is 4.79 Å². The van der Waals surface area contributed by atoms with Gasteiger partial charge in [-0.25, -0.2) is 15.0 Å². The molecule has 1 aromatic carbocycles. The van der Waals surface area contributed by atoms with Crippen LogP contribution in [0.15, 0.2) is 67.6 Å². The quantitative estimate of drug-likeness (QED) is 0.349.